The highest BCUT2D eigenvalue weighted by Gasteiger charge is 2.29. The van der Waals surface area contributed by atoms with Crippen LogP contribution < -0.4 is 10.6 Å². The van der Waals surface area contributed by atoms with Gasteiger partial charge in [-0.3, -0.25) is 9.59 Å². The zero-order valence-corrected chi connectivity index (χ0v) is 15.9. The monoisotopic (exact) mass is 379 g/mol. The highest BCUT2D eigenvalue weighted by Crippen LogP contribution is 2.20. The van der Waals surface area contributed by atoms with Gasteiger partial charge in [0.25, 0.3) is 0 Å². The summed E-state index contributed by atoms with van der Waals surface area (Å²) in [6.45, 7) is 9.99. The number of sulfonamides is 1. The molecular formula is C18H25N3O4S. The van der Waals surface area contributed by atoms with E-state index in [0.717, 1.165) is 9.87 Å². The molecule has 2 N–H and O–H groups in total. The Balaban J connectivity index is 3.14. The summed E-state index contributed by atoms with van der Waals surface area (Å²) in [6.07, 6.45) is 2.97. The maximum atomic E-state index is 13.0. The molecule has 26 heavy (non-hydrogen) atoms. The summed E-state index contributed by atoms with van der Waals surface area (Å²) in [4.78, 5) is 24.1. The van der Waals surface area contributed by atoms with Gasteiger partial charge in [0.1, 0.15) is 0 Å². The quantitative estimate of drug-likeness (QED) is 0.591. The first-order chi connectivity index (χ1) is 12.2. The van der Waals surface area contributed by atoms with E-state index in [4.69, 9.17) is 0 Å². The molecule has 0 aromatic heterocycles. The summed E-state index contributed by atoms with van der Waals surface area (Å²) in [7, 11) is -4.03. The van der Waals surface area contributed by atoms with Crippen LogP contribution in [0.4, 0.5) is 0 Å². The van der Waals surface area contributed by atoms with Gasteiger partial charge in [-0.2, -0.15) is 4.31 Å². The maximum absolute atomic E-state index is 13.0. The molecule has 1 aromatic carbocycles. The average Bonchev–Trinajstić information content (AvgIpc) is 2.57. The molecule has 0 aliphatic rings. The lowest BCUT2D eigenvalue weighted by Crippen LogP contribution is -2.45. The van der Waals surface area contributed by atoms with E-state index < -0.39 is 34.9 Å². The third kappa shape index (κ3) is 6.12. The van der Waals surface area contributed by atoms with Crippen LogP contribution >= 0.6 is 0 Å². The number of benzene rings is 1. The molecule has 0 radical (unpaired) electrons. The van der Waals surface area contributed by atoms with Gasteiger partial charge >= 0.3 is 0 Å². The van der Waals surface area contributed by atoms with Crippen LogP contribution in [0.5, 0.6) is 0 Å². The van der Waals surface area contributed by atoms with Gasteiger partial charge in [-0.05, 0) is 25.5 Å². The van der Waals surface area contributed by atoms with Gasteiger partial charge in [0.05, 0.1) is 18.0 Å². The second-order valence-electron chi connectivity index (χ2n) is 5.73. The molecule has 0 fully saturated rings. The molecule has 0 bridgehead atoms. The molecule has 1 rings (SSSR count). The Hall–Kier alpha value is -2.45. The minimum atomic E-state index is -4.03. The smallest absolute Gasteiger partial charge is 0.244 e. The van der Waals surface area contributed by atoms with Crippen LogP contribution in [0.15, 0.2) is 48.4 Å². The number of nitrogens with one attached hydrogen (secondary N) is 2. The molecule has 0 heterocycles. The number of carbonyl (C=O) groups is 2. The second-order valence-corrected chi connectivity index (χ2v) is 7.63. The van der Waals surface area contributed by atoms with E-state index in [1.807, 2.05) is 6.92 Å². The highest BCUT2D eigenvalue weighted by atomic mass is 32.2. The first-order valence-electron chi connectivity index (χ1n) is 8.05. The van der Waals surface area contributed by atoms with E-state index in [2.05, 4.69) is 23.8 Å². The standard InChI is InChI=1S/C18H25N3O4S/c1-5-9-19-17(22)12-21(13-18(23)20-10-6-2)26(24,25)16-8-7-14(3)11-15(16)4/h5-8,11H,1-2,9-10,12-13H2,3-4H3,(H,19,22)(H,20,23). The second kappa shape index (κ2) is 9.88. The van der Waals surface area contributed by atoms with Crippen molar-refractivity contribution in [2.24, 2.45) is 0 Å². The zero-order valence-electron chi connectivity index (χ0n) is 15.1. The molecule has 0 saturated heterocycles. The Morgan fingerprint density at radius 1 is 1.04 bits per heavy atom. The van der Waals surface area contributed by atoms with E-state index in [1.165, 1.54) is 18.2 Å². The predicted molar refractivity (Wildman–Crippen MR) is 101 cm³/mol. The third-order valence-corrected chi connectivity index (χ3v) is 5.43. The molecule has 0 atom stereocenters. The summed E-state index contributed by atoms with van der Waals surface area (Å²) in [5, 5.41) is 5.03. The Morgan fingerprint density at radius 3 is 1.96 bits per heavy atom. The summed E-state index contributed by atoms with van der Waals surface area (Å²) >= 11 is 0. The third-order valence-electron chi connectivity index (χ3n) is 3.48. The number of aryl methyl sites for hydroxylation is 2. The van der Waals surface area contributed by atoms with Crippen LogP contribution in [0.2, 0.25) is 0 Å². The summed E-state index contributed by atoms with van der Waals surface area (Å²) in [6, 6.07) is 4.89. The molecule has 7 nitrogen and oxygen atoms in total. The van der Waals surface area contributed by atoms with Crippen molar-refractivity contribution in [1.82, 2.24) is 14.9 Å². The van der Waals surface area contributed by atoms with Crippen molar-refractivity contribution >= 4 is 21.8 Å². The number of carbonyl (C=O) groups excluding carboxylic acids is 2. The Morgan fingerprint density at radius 2 is 1.54 bits per heavy atom. The van der Waals surface area contributed by atoms with Crippen molar-refractivity contribution in [2.75, 3.05) is 26.2 Å². The number of amides is 2. The SMILES string of the molecule is C=CCNC(=O)CN(CC(=O)NCC=C)S(=O)(=O)c1ccc(C)cc1C. The summed E-state index contributed by atoms with van der Waals surface area (Å²) in [5.74, 6) is -1.04. The lowest BCUT2D eigenvalue weighted by Gasteiger charge is -2.22. The van der Waals surface area contributed by atoms with Gasteiger partial charge in [0.2, 0.25) is 21.8 Å². The van der Waals surface area contributed by atoms with Crippen LogP contribution in [-0.2, 0) is 19.6 Å². The van der Waals surface area contributed by atoms with Crippen molar-refractivity contribution in [3.8, 4) is 0 Å². The molecule has 142 valence electrons. The zero-order chi connectivity index (χ0) is 19.7. The normalized spacial score (nSPS) is 11.0. The van der Waals surface area contributed by atoms with E-state index in [-0.39, 0.29) is 18.0 Å². The van der Waals surface area contributed by atoms with Crippen molar-refractivity contribution < 1.29 is 18.0 Å². The van der Waals surface area contributed by atoms with Crippen LogP contribution in [-0.4, -0.2) is 50.7 Å². The molecular weight excluding hydrogens is 354 g/mol. The number of nitrogens with zero attached hydrogens (tertiary/aromatic N) is 1. The fourth-order valence-corrected chi connectivity index (χ4v) is 3.82. The van der Waals surface area contributed by atoms with E-state index in [0.29, 0.717) is 5.56 Å². The molecule has 1 aromatic rings. The van der Waals surface area contributed by atoms with Crippen LogP contribution in [0.1, 0.15) is 11.1 Å². The van der Waals surface area contributed by atoms with Gasteiger partial charge in [-0.25, -0.2) is 8.42 Å². The number of hydrogen-bond acceptors (Lipinski definition) is 4. The Bertz CT molecular complexity index is 762. The predicted octanol–water partition coefficient (Wildman–Crippen LogP) is 0.899. The average molecular weight is 379 g/mol. The molecule has 0 aliphatic carbocycles. The van der Waals surface area contributed by atoms with Crippen molar-refractivity contribution in [1.29, 1.82) is 0 Å². The molecule has 0 aliphatic heterocycles. The lowest BCUT2D eigenvalue weighted by atomic mass is 10.2. The molecule has 0 spiro atoms. The van der Waals surface area contributed by atoms with Crippen molar-refractivity contribution in [2.45, 2.75) is 18.7 Å². The topological polar surface area (TPSA) is 95.6 Å². The van der Waals surface area contributed by atoms with Gasteiger partial charge in [-0.1, -0.05) is 29.8 Å². The summed E-state index contributed by atoms with van der Waals surface area (Å²) in [5.41, 5.74) is 1.47. The molecule has 2 amide bonds. The van der Waals surface area contributed by atoms with Gasteiger partial charge in [0, 0.05) is 13.1 Å². The van der Waals surface area contributed by atoms with Gasteiger partial charge in [-0.15, -0.1) is 13.2 Å². The van der Waals surface area contributed by atoms with Crippen LogP contribution in [0.25, 0.3) is 0 Å². The lowest BCUT2D eigenvalue weighted by molar-refractivity contribution is -0.123. The largest absolute Gasteiger partial charge is 0.351 e. The highest BCUT2D eigenvalue weighted by molar-refractivity contribution is 7.89. The van der Waals surface area contributed by atoms with Crippen LogP contribution in [0, 0.1) is 13.8 Å². The van der Waals surface area contributed by atoms with E-state index in [1.54, 1.807) is 19.1 Å². The number of hydrogen-bond donors (Lipinski definition) is 2. The fourth-order valence-electron chi connectivity index (χ4n) is 2.26. The first kappa shape index (κ1) is 21.6. The first-order valence-corrected chi connectivity index (χ1v) is 9.49. The Kier molecular flexibility index (Phi) is 8.21. The van der Waals surface area contributed by atoms with Crippen molar-refractivity contribution in [3.63, 3.8) is 0 Å². The minimum Gasteiger partial charge on any atom is -0.351 e. The molecule has 8 heteroatoms. The van der Waals surface area contributed by atoms with Gasteiger partial charge < -0.3 is 10.6 Å². The van der Waals surface area contributed by atoms with E-state index in [9.17, 15) is 18.0 Å². The fraction of sp³-hybridized carbons (Fsp3) is 0.333. The number of rotatable bonds is 10. The minimum absolute atomic E-state index is 0.0659. The van der Waals surface area contributed by atoms with Crippen LogP contribution in [0.3, 0.4) is 0 Å². The summed E-state index contributed by atoms with van der Waals surface area (Å²) < 4.78 is 26.9. The molecule has 0 saturated carbocycles. The van der Waals surface area contributed by atoms with Gasteiger partial charge in [0.15, 0.2) is 0 Å². The molecule has 0 unspecified atom stereocenters. The Labute approximate surface area is 154 Å². The van der Waals surface area contributed by atoms with E-state index >= 15 is 0 Å². The van der Waals surface area contributed by atoms with Crippen molar-refractivity contribution in [3.05, 3.63) is 54.6 Å². The maximum Gasteiger partial charge on any atom is 0.244 e.